The van der Waals surface area contributed by atoms with Crippen molar-refractivity contribution in [2.24, 2.45) is 5.92 Å². The lowest BCUT2D eigenvalue weighted by Crippen LogP contribution is -2.44. The summed E-state index contributed by atoms with van der Waals surface area (Å²) < 4.78 is 4.84. The van der Waals surface area contributed by atoms with Crippen molar-refractivity contribution in [3.63, 3.8) is 0 Å². The number of carbonyl (C=O) groups is 3. The van der Waals surface area contributed by atoms with Crippen LogP contribution in [0.4, 0.5) is 5.69 Å². The van der Waals surface area contributed by atoms with Gasteiger partial charge in [-0.05, 0) is 37.8 Å². The maximum Gasteiger partial charge on any atom is 0.328 e. The van der Waals surface area contributed by atoms with Crippen LogP contribution in [0.15, 0.2) is 30.3 Å². The zero-order valence-electron chi connectivity index (χ0n) is 16.7. The summed E-state index contributed by atoms with van der Waals surface area (Å²) in [5.41, 5.74) is 0.795. The largest absolute Gasteiger partial charge is 0.467 e. The van der Waals surface area contributed by atoms with Gasteiger partial charge in [0.2, 0.25) is 11.8 Å². The Morgan fingerprint density at radius 3 is 2.43 bits per heavy atom. The van der Waals surface area contributed by atoms with Crippen LogP contribution >= 0.6 is 0 Å². The van der Waals surface area contributed by atoms with Crippen LogP contribution in [0.2, 0.25) is 0 Å². The highest BCUT2D eigenvalue weighted by molar-refractivity contribution is 5.90. The van der Waals surface area contributed by atoms with E-state index in [-0.39, 0.29) is 17.7 Å². The summed E-state index contributed by atoms with van der Waals surface area (Å²) in [6, 6.07) is 8.77. The van der Waals surface area contributed by atoms with Crippen LogP contribution < -0.4 is 10.6 Å². The van der Waals surface area contributed by atoms with Gasteiger partial charge in [-0.25, -0.2) is 4.79 Å². The SMILES string of the molecule is COC(=O)C(CCCCCC(=O)Nc1ccccc1)NC(=O)C1CCCCC1. The van der Waals surface area contributed by atoms with Crippen molar-refractivity contribution in [1.29, 1.82) is 0 Å². The molecule has 0 aromatic heterocycles. The molecule has 2 N–H and O–H groups in total. The Labute approximate surface area is 167 Å². The Bertz CT molecular complexity index is 627. The van der Waals surface area contributed by atoms with Gasteiger partial charge in [0, 0.05) is 18.0 Å². The summed E-state index contributed by atoms with van der Waals surface area (Å²) in [5.74, 6) is -0.424. The van der Waals surface area contributed by atoms with E-state index in [0.717, 1.165) is 50.6 Å². The smallest absolute Gasteiger partial charge is 0.328 e. The number of hydrogen-bond donors (Lipinski definition) is 2. The van der Waals surface area contributed by atoms with E-state index in [2.05, 4.69) is 10.6 Å². The molecule has 2 rings (SSSR count). The second kappa shape index (κ2) is 12.2. The van der Waals surface area contributed by atoms with E-state index in [0.29, 0.717) is 12.8 Å². The maximum atomic E-state index is 12.4. The van der Waals surface area contributed by atoms with Crippen LogP contribution in [-0.2, 0) is 19.1 Å². The third kappa shape index (κ3) is 7.71. The van der Waals surface area contributed by atoms with Gasteiger partial charge in [0.05, 0.1) is 7.11 Å². The summed E-state index contributed by atoms with van der Waals surface area (Å²) >= 11 is 0. The number of para-hydroxylation sites is 1. The second-order valence-electron chi connectivity index (χ2n) is 7.43. The van der Waals surface area contributed by atoms with Crippen LogP contribution in [0.3, 0.4) is 0 Å². The highest BCUT2D eigenvalue weighted by atomic mass is 16.5. The predicted octanol–water partition coefficient (Wildman–Crippen LogP) is 3.81. The fraction of sp³-hybridized carbons (Fsp3) is 0.591. The summed E-state index contributed by atoms with van der Waals surface area (Å²) in [5, 5.41) is 5.74. The Morgan fingerprint density at radius 2 is 1.75 bits per heavy atom. The summed E-state index contributed by atoms with van der Waals surface area (Å²) in [6.45, 7) is 0. The topological polar surface area (TPSA) is 84.5 Å². The molecule has 0 saturated heterocycles. The molecule has 1 aromatic rings. The number of amides is 2. The Morgan fingerprint density at radius 1 is 1.04 bits per heavy atom. The molecule has 0 bridgehead atoms. The van der Waals surface area contributed by atoms with Crippen LogP contribution in [0.1, 0.15) is 64.2 Å². The van der Waals surface area contributed by atoms with E-state index < -0.39 is 12.0 Å². The monoisotopic (exact) mass is 388 g/mol. The molecule has 1 fully saturated rings. The van der Waals surface area contributed by atoms with E-state index in [1.165, 1.54) is 13.5 Å². The van der Waals surface area contributed by atoms with Crippen LogP contribution in [0.25, 0.3) is 0 Å². The third-order valence-corrected chi connectivity index (χ3v) is 5.23. The number of methoxy groups -OCH3 is 1. The molecule has 0 radical (unpaired) electrons. The fourth-order valence-corrected chi connectivity index (χ4v) is 3.60. The fourth-order valence-electron chi connectivity index (χ4n) is 3.60. The number of ether oxygens (including phenoxy) is 1. The third-order valence-electron chi connectivity index (χ3n) is 5.23. The van der Waals surface area contributed by atoms with E-state index in [1.54, 1.807) is 0 Å². The minimum absolute atomic E-state index is 0.0127. The number of unbranched alkanes of at least 4 members (excludes halogenated alkanes) is 2. The van der Waals surface area contributed by atoms with Gasteiger partial charge in [0.1, 0.15) is 6.04 Å². The molecule has 1 aliphatic carbocycles. The van der Waals surface area contributed by atoms with Gasteiger partial charge in [-0.1, -0.05) is 50.3 Å². The standard InChI is InChI=1S/C22H32N2O4/c1-28-22(27)19(24-21(26)17-11-5-2-6-12-17)15-9-4-10-16-20(25)23-18-13-7-3-8-14-18/h3,7-8,13-14,17,19H,2,4-6,9-12,15-16H2,1H3,(H,23,25)(H,24,26). The normalized spacial score (nSPS) is 15.5. The maximum absolute atomic E-state index is 12.4. The zero-order chi connectivity index (χ0) is 20.2. The molecular weight excluding hydrogens is 356 g/mol. The Hall–Kier alpha value is -2.37. The lowest BCUT2D eigenvalue weighted by Gasteiger charge is -2.23. The molecule has 1 aliphatic rings. The van der Waals surface area contributed by atoms with Gasteiger partial charge in [-0.2, -0.15) is 0 Å². The highest BCUT2D eigenvalue weighted by Crippen LogP contribution is 2.24. The number of esters is 1. The molecule has 154 valence electrons. The number of benzene rings is 1. The highest BCUT2D eigenvalue weighted by Gasteiger charge is 2.26. The molecule has 1 aromatic carbocycles. The van der Waals surface area contributed by atoms with Crippen molar-refractivity contribution in [3.8, 4) is 0 Å². The Balaban J connectivity index is 1.67. The van der Waals surface area contributed by atoms with Crippen LogP contribution in [0, 0.1) is 5.92 Å². The average molecular weight is 389 g/mol. The number of carbonyl (C=O) groups excluding carboxylic acids is 3. The minimum atomic E-state index is -0.599. The zero-order valence-corrected chi connectivity index (χ0v) is 16.7. The van der Waals surface area contributed by atoms with Gasteiger partial charge >= 0.3 is 5.97 Å². The first-order chi connectivity index (χ1) is 13.6. The van der Waals surface area contributed by atoms with Gasteiger partial charge in [0.15, 0.2) is 0 Å². The number of rotatable bonds is 10. The molecule has 0 heterocycles. The van der Waals surface area contributed by atoms with Gasteiger partial charge in [-0.3, -0.25) is 9.59 Å². The van der Waals surface area contributed by atoms with E-state index in [9.17, 15) is 14.4 Å². The summed E-state index contributed by atoms with van der Waals surface area (Å²) in [4.78, 5) is 36.4. The number of hydrogen-bond acceptors (Lipinski definition) is 4. The van der Waals surface area contributed by atoms with Crippen molar-refractivity contribution < 1.29 is 19.1 Å². The minimum Gasteiger partial charge on any atom is -0.467 e. The lowest BCUT2D eigenvalue weighted by atomic mass is 9.88. The molecule has 6 nitrogen and oxygen atoms in total. The van der Waals surface area contributed by atoms with E-state index in [4.69, 9.17) is 4.74 Å². The van der Waals surface area contributed by atoms with Crippen molar-refractivity contribution in [2.45, 2.75) is 70.3 Å². The first-order valence-corrected chi connectivity index (χ1v) is 10.3. The summed E-state index contributed by atoms with van der Waals surface area (Å²) in [6.07, 6.45) is 8.41. The molecule has 28 heavy (non-hydrogen) atoms. The molecular formula is C22H32N2O4. The van der Waals surface area contributed by atoms with Crippen molar-refractivity contribution in [2.75, 3.05) is 12.4 Å². The van der Waals surface area contributed by atoms with E-state index >= 15 is 0 Å². The van der Waals surface area contributed by atoms with Crippen molar-refractivity contribution >= 4 is 23.5 Å². The van der Waals surface area contributed by atoms with Crippen LogP contribution in [0.5, 0.6) is 0 Å². The van der Waals surface area contributed by atoms with Crippen molar-refractivity contribution in [3.05, 3.63) is 30.3 Å². The van der Waals surface area contributed by atoms with Gasteiger partial charge in [0.25, 0.3) is 0 Å². The summed E-state index contributed by atoms with van der Waals surface area (Å²) in [7, 11) is 1.34. The average Bonchev–Trinajstić information content (AvgIpc) is 2.73. The first kappa shape index (κ1) is 21.9. The molecule has 0 spiro atoms. The molecule has 1 atom stereocenters. The predicted molar refractivity (Wildman–Crippen MR) is 109 cm³/mol. The van der Waals surface area contributed by atoms with E-state index in [1.807, 2.05) is 30.3 Å². The molecule has 1 saturated carbocycles. The van der Waals surface area contributed by atoms with Gasteiger partial charge in [-0.15, -0.1) is 0 Å². The molecule has 2 amide bonds. The lowest BCUT2D eigenvalue weighted by molar-refractivity contribution is -0.146. The van der Waals surface area contributed by atoms with Gasteiger partial charge < -0.3 is 15.4 Å². The molecule has 1 unspecified atom stereocenters. The number of nitrogens with one attached hydrogen (secondary N) is 2. The quantitative estimate of drug-likeness (QED) is 0.471. The van der Waals surface area contributed by atoms with Crippen molar-refractivity contribution in [1.82, 2.24) is 5.32 Å². The second-order valence-corrected chi connectivity index (χ2v) is 7.43. The number of anilines is 1. The van der Waals surface area contributed by atoms with Crippen LogP contribution in [-0.4, -0.2) is 30.9 Å². The first-order valence-electron chi connectivity index (χ1n) is 10.3. The molecule has 0 aliphatic heterocycles. The molecule has 6 heteroatoms. The Kier molecular flexibility index (Phi) is 9.52.